The molecule has 6 aromatic rings. The van der Waals surface area contributed by atoms with Crippen molar-refractivity contribution in [1.82, 2.24) is 0 Å². The number of furan rings is 1. The zero-order valence-electron chi connectivity index (χ0n) is 15.6. The first-order chi connectivity index (χ1) is 14.1. The lowest BCUT2D eigenvalue weighted by Crippen LogP contribution is -2.00. The second kappa shape index (κ2) is 5.79. The lowest BCUT2D eigenvalue weighted by molar-refractivity contribution is 0.101. The van der Waals surface area contributed by atoms with Crippen LogP contribution in [0.1, 0.15) is 21.7 Å². The number of hydrogen-bond donors (Lipinski definition) is 0. The SMILES string of the molecule is Cc1cc(=O)p2c3ccccc3c3c(C(=O)c4ccccc4)oc4ccc1c2c43. The van der Waals surface area contributed by atoms with E-state index in [9.17, 15) is 9.59 Å². The number of aryl methyl sites for hydroxylation is 1. The second-order valence-electron chi connectivity index (χ2n) is 7.35. The highest BCUT2D eigenvalue weighted by molar-refractivity contribution is 7.57. The van der Waals surface area contributed by atoms with Crippen LogP contribution in [0.15, 0.2) is 82.0 Å². The van der Waals surface area contributed by atoms with E-state index in [1.54, 1.807) is 18.2 Å². The maximum atomic E-state index is 13.4. The van der Waals surface area contributed by atoms with Crippen molar-refractivity contribution in [3.05, 3.63) is 99.6 Å². The Morgan fingerprint density at radius 3 is 2.45 bits per heavy atom. The largest absolute Gasteiger partial charge is 0.452 e. The third-order valence-electron chi connectivity index (χ3n) is 5.69. The molecule has 3 nitrogen and oxygen atoms in total. The zero-order valence-corrected chi connectivity index (χ0v) is 16.5. The molecule has 0 saturated carbocycles. The van der Waals surface area contributed by atoms with Crippen LogP contribution >= 0.6 is 7.34 Å². The molecule has 138 valence electrons. The van der Waals surface area contributed by atoms with E-state index >= 15 is 0 Å². The highest BCUT2D eigenvalue weighted by atomic mass is 31.1. The van der Waals surface area contributed by atoms with Crippen LogP contribution in [0.5, 0.6) is 0 Å². The summed E-state index contributed by atoms with van der Waals surface area (Å²) >= 11 is 0. The molecular weight excluding hydrogens is 379 g/mol. The van der Waals surface area contributed by atoms with Gasteiger partial charge >= 0.3 is 0 Å². The molecule has 3 heterocycles. The predicted octanol–water partition coefficient (Wildman–Crippen LogP) is 6.51. The Morgan fingerprint density at radius 1 is 0.862 bits per heavy atom. The number of hydrogen-bond acceptors (Lipinski definition) is 3. The summed E-state index contributed by atoms with van der Waals surface area (Å²) < 4.78 is 6.16. The van der Waals surface area contributed by atoms with Crippen molar-refractivity contribution < 1.29 is 9.21 Å². The lowest BCUT2D eigenvalue weighted by atomic mass is 10.0. The molecule has 0 fully saturated rings. The van der Waals surface area contributed by atoms with Crippen LogP contribution in [0.3, 0.4) is 0 Å². The predicted molar refractivity (Wildman–Crippen MR) is 119 cm³/mol. The minimum absolute atomic E-state index is 0.138. The topological polar surface area (TPSA) is 47.3 Å². The highest BCUT2D eigenvalue weighted by Gasteiger charge is 2.25. The van der Waals surface area contributed by atoms with E-state index in [0.29, 0.717) is 16.9 Å². The Labute approximate surface area is 166 Å². The Morgan fingerprint density at radius 2 is 1.62 bits per heavy atom. The standard InChI is InChI=1S/C25H15O3P/c1-14-13-20(26)29-19-10-6-5-9-17(19)21-22-18(12-11-16(14)25(22)29)28-24(21)23(27)15-7-3-2-4-8-15/h2-13H,1H3. The van der Waals surface area contributed by atoms with Crippen molar-refractivity contribution in [2.24, 2.45) is 0 Å². The molecule has 0 bridgehead atoms. The summed E-state index contributed by atoms with van der Waals surface area (Å²) in [4.78, 5) is 26.4. The molecule has 0 amide bonds. The van der Waals surface area contributed by atoms with Crippen LogP contribution in [-0.4, -0.2) is 5.78 Å². The molecule has 1 atom stereocenters. The molecule has 0 spiro atoms. The number of carbonyl (C=O) groups is 1. The van der Waals surface area contributed by atoms with Crippen molar-refractivity contribution in [2.75, 3.05) is 0 Å². The van der Waals surface area contributed by atoms with Crippen molar-refractivity contribution in [3.63, 3.8) is 0 Å². The van der Waals surface area contributed by atoms with E-state index in [1.165, 1.54) is 0 Å². The van der Waals surface area contributed by atoms with E-state index in [-0.39, 0.29) is 10.9 Å². The molecular formula is C25H15O3P. The fourth-order valence-electron chi connectivity index (χ4n) is 4.42. The number of rotatable bonds is 2. The summed E-state index contributed by atoms with van der Waals surface area (Å²) in [5.74, 6) is 0.210. The van der Waals surface area contributed by atoms with Crippen LogP contribution in [0.2, 0.25) is 0 Å². The maximum absolute atomic E-state index is 13.4. The van der Waals surface area contributed by atoms with Gasteiger partial charge < -0.3 is 4.42 Å². The summed E-state index contributed by atoms with van der Waals surface area (Å²) in [5, 5.41) is 5.94. The maximum Gasteiger partial charge on any atom is 0.228 e. The summed E-state index contributed by atoms with van der Waals surface area (Å²) in [7, 11) is -1.16. The highest BCUT2D eigenvalue weighted by Crippen LogP contribution is 2.49. The van der Waals surface area contributed by atoms with Crippen molar-refractivity contribution in [2.45, 2.75) is 6.92 Å². The van der Waals surface area contributed by atoms with E-state index in [2.05, 4.69) is 0 Å². The molecule has 0 aliphatic rings. The fraction of sp³-hybridized carbons (Fsp3) is 0.0400. The van der Waals surface area contributed by atoms with Gasteiger partial charge in [-0.15, -0.1) is 0 Å². The van der Waals surface area contributed by atoms with Gasteiger partial charge in [-0.3, -0.25) is 9.59 Å². The molecule has 3 aromatic carbocycles. The molecule has 0 radical (unpaired) electrons. The van der Waals surface area contributed by atoms with Crippen LogP contribution in [0, 0.1) is 6.92 Å². The smallest absolute Gasteiger partial charge is 0.228 e. The molecule has 1 unspecified atom stereocenters. The normalized spacial score (nSPS) is 12.5. The third kappa shape index (κ3) is 2.14. The summed E-state index contributed by atoms with van der Waals surface area (Å²) in [6.45, 7) is 1.97. The summed E-state index contributed by atoms with van der Waals surface area (Å²) in [6, 6.07) is 22.8. The summed E-state index contributed by atoms with van der Waals surface area (Å²) in [6.07, 6.45) is 0. The van der Waals surface area contributed by atoms with E-state index in [0.717, 1.165) is 37.3 Å². The van der Waals surface area contributed by atoms with Crippen LogP contribution in [0.25, 0.3) is 37.4 Å². The molecule has 3 aromatic heterocycles. The first-order valence-corrected chi connectivity index (χ1v) is 10.8. The second-order valence-corrected chi connectivity index (χ2v) is 9.39. The van der Waals surface area contributed by atoms with Crippen molar-refractivity contribution in [1.29, 1.82) is 0 Å². The van der Waals surface area contributed by atoms with Gasteiger partial charge in [-0.2, -0.15) is 0 Å². The molecule has 0 N–H and O–H groups in total. The average molecular weight is 394 g/mol. The number of ketones is 1. The average Bonchev–Trinajstić information content (AvgIpc) is 3.14. The van der Waals surface area contributed by atoms with E-state index < -0.39 is 7.34 Å². The van der Waals surface area contributed by atoms with E-state index in [4.69, 9.17) is 4.42 Å². The zero-order chi connectivity index (χ0) is 19.7. The van der Waals surface area contributed by atoms with Gasteiger partial charge in [-0.05, 0) is 48.8 Å². The van der Waals surface area contributed by atoms with Crippen LogP contribution in [0.4, 0.5) is 0 Å². The first-order valence-electron chi connectivity index (χ1n) is 9.46. The van der Waals surface area contributed by atoms with E-state index in [1.807, 2.05) is 61.5 Å². The lowest BCUT2D eigenvalue weighted by Gasteiger charge is -2.11. The first kappa shape index (κ1) is 16.5. The number of fused-ring (bicyclic) bond motifs is 3. The molecule has 0 aliphatic heterocycles. The molecule has 6 rings (SSSR count). The Kier molecular flexibility index (Phi) is 3.30. The van der Waals surface area contributed by atoms with Gasteiger partial charge in [0.2, 0.25) is 10.9 Å². The third-order valence-corrected chi connectivity index (χ3v) is 8.05. The molecule has 4 heteroatoms. The van der Waals surface area contributed by atoms with Gasteiger partial charge in [0.15, 0.2) is 5.76 Å². The minimum atomic E-state index is -1.16. The quantitative estimate of drug-likeness (QED) is 0.191. The van der Waals surface area contributed by atoms with Crippen LogP contribution < -0.4 is 5.16 Å². The Bertz CT molecular complexity index is 1640. The van der Waals surface area contributed by atoms with Gasteiger partial charge in [0.05, 0.1) is 0 Å². The Hall–Kier alpha value is -3.42. The summed E-state index contributed by atoms with van der Waals surface area (Å²) in [5.41, 5.74) is 2.23. The van der Waals surface area contributed by atoms with Gasteiger partial charge in [-0.1, -0.05) is 54.6 Å². The van der Waals surface area contributed by atoms with Crippen molar-refractivity contribution in [3.8, 4) is 0 Å². The molecule has 0 saturated heterocycles. The van der Waals surface area contributed by atoms with Crippen molar-refractivity contribution >= 4 is 50.5 Å². The monoisotopic (exact) mass is 394 g/mol. The van der Waals surface area contributed by atoms with Gasteiger partial charge in [-0.25, -0.2) is 0 Å². The van der Waals surface area contributed by atoms with Gasteiger partial charge in [0, 0.05) is 26.6 Å². The molecule has 0 aliphatic carbocycles. The number of carbonyl (C=O) groups excluding carboxylic acids is 1. The van der Waals surface area contributed by atoms with Gasteiger partial charge in [0.25, 0.3) is 0 Å². The van der Waals surface area contributed by atoms with Crippen LogP contribution in [-0.2, 0) is 0 Å². The van der Waals surface area contributed by atoms with Gasteiger partial charge in [0.1, 0.15) is 5.58 Å². The Balaban J connectivity index is 1.90. The molecule has 29 heavy (non-hydrogen) atoms. The number of benzene rings is 3. The minimum Gasteiger partial charge on any atom is -0.452 e. The fourth-order valence-corrected chi connectivity index (χ4v) is 7.04.